The molecule has 1 heterocycles. The van der Waals surface area contributed by atoms with Crippen molar-refractivity contribution in [2.75, 3.05) is 6.54 Å². The molecule has 16 heavy (non-hydrogen) atoms. The molecule has 1 fully saturated rings. The van der Waals surface area contributed by atoms with Gasteiger partial charge >= 0.3 is 0 Å². The summed E-state index contributed by atoms with van der Waals surface area (Å²) in [5.41, 5.74) is 5.09. The summed E-state index contributed by atoms with van der Waals surface area (Å²) in [6, 6.07) is 7.02. The zero-order chi connectivity index (χ0) is 11.0. The molecule has 0 saturated heterocycles. The third-order valence-electron chi connectivity index (χ3n) is 4.43. The lowest BCUT2D eigenvalue weighted by Crippen LogP contribution is -2.44. The molecule has 1 heteroatoms. The van der Waals surface area contributed by atoms with Crippen LogP contribution in [-0.4, -0.2) is 6.54 Å². The van der Waals surface area contributed by atoms with Crippen molar-refractivity contribution in [2.24, 2.45) is 0 Å². The van der Waals surface area contributed by atoms with Crippen LogP contribution in [0.3, 0.4) is 0 Å². The van der Waals surface area contributed by atoms with Gasteiger partial charge in [-0.25, -0.2) is 0 Å². The second-order valence-corrected chi connectivity index (χ2v) is 5.61. The van der Waals surface area contributed by atoms with Gasteiger partial charge in [-0.2, -0.15) is 0 Å². The molecular formula is C15H21N. The maximum absolute atomic E-state index is 3.62. The van der Waals surface area contributed by atoms with E-state index < -0.39 is 0 Å². The first kappa shape index (κ1) is 10.3. The van der Waals surface area contributed by atoms with Crippen LogP contribution in [0.25, 0.3) is 0 Å². The highest BCUT2D eigenvalue weighted by Crippen LogP contribution is 2.42. The Morgan fingerprint density at radius 2 is 1.94 bits per heavy atom. The number of rotatable bonds is 0. The lowest BCUT2D eigenvalue weighted by molar-refractivity contribution is 0.264. The fourth-order valence-electron chi connectivity index (χ4n) is 3.54. The molecule has 0 atom stereocenters. The maximum atomic E-state index is 3.62. The van der Waals surface area contributed by atoms with E-state index in [1.54, 1.807) is 11.1 Å². The van der Waals surface area contributed by atoms with Crippen molar-refractivity contribution in [2.45, 2.75) is 51.0 Å². The molecule has 0 amide bonds. The molecule has 1 saturated carbocycles. The Morgan fingerprint density at radius 3 is 2.75 bits per heavy atom. The summed E-state index contributed by atoms with van der Waals surface area (Å²) >= 11 is 0. The fourth-order valence-corrected chi connectivity index (χ4v) is 3.54. The first-order chi connectivity index (χ1) is 7.80. The van der Waals surface area contributed by atoms with Crippen LogP contribution in [0.1, 0.15) is 48.8 Å². The van der Waals surface area contributed by atoms with Gasteiger partial charge in [-0.3, -0.25) is 0 Å². The van der Waals surface area contributed by atoms with Crippen LogP contribution in [0, 0.1) is 6.92 Å². The molecule has 1 aliphatic carbocycles. The third-order valence-corrected chi connectivity index (χ3v) is 4.43. The highest BCUT2D eigenvalue weighted by molar-refractivity contribution is 5.40. The molecule has 0 bridgehead atoms. The summed E-state index contributed by atoms with van der Waals surface area (Å²) in [7, 11) is 0. The Kier molecular flexibility index (Phi) is 2.51. The van der Waals surface area contributed by atoms with Crippen LogP contribution >= 0.6 is 0 Å². The van der Waals surface area contributed by atoms with Crippen molar-refractivity contribution >= 4 is 0 Å². The van der Waals surface area contributed by atoms with E-state index in [0.29, 0.717) is 5.41 Å². The van der Waals surface area contributed by atoms with Crippen molar-refractivity contribution in [3.63, 3.8) is 0 Å². The average Bonchev–Trinajstić information content (AvgIpc) is 2.32. The highest BCUT2D eigenvalue weighted by atomic mass is 14.9. The monoisotopic (exact) mass is 215 g/mol. The van der Waals surface area contributed by atoms with E-state index in [0.717, 1.165) is 6.54 Å². The normalized spacial score (nSPS) is 23.1. The van der Waals surface area contributed by atoms with Gasteiger partial charge in [0.2, 0.25) is 0 Å². The maximum Gasteiger partial charge on any atom is 0.0208 e. The molecular weight excluding hydrogens is 194 g/mol. The van der Waals surface area contributed by atoms with Gasteiger partial charge in [-0.15, -0.1) is 0 Å². The molecule has 0 radical (unpaired) electrons. The van der Waals surface area contributed by atoms with Crippen molar-refractivity contribution in [1.29, 1.82) is 0 Å². The topological polar surface area (TPSA) is 12.0 Å². The molecule has 0 aromatic heterocycles. The second-order valence-electron chi connectivity index (χ2n) is 5.61. The molecule has 86 valence electrons. The zero-order valence-electron chi connectivity index (χ0n) is 10.2. The summed E-state index contributed by atoms with van der Waals surface area (Å²) in [5, 5.41) is 3.62. The van der Waals surface area contributed by atoms with Gasteiger partial charge in [-0.1, -0.05) is 43.0 Å². The van der Waals surface area contributed by atoms with Gasteiger partial charge in [-0.05, 0) is 30.9 Å². The first-order valence-electron chi connectivity index (χ1n) is 6.61. The molecule has 1 N–H and O–H groups in total. The number of benzene rings is 1. The molecule has 1 aromatic rings. The summed E-state index contributed by atoms with van der Waals surface area (Å²) in [6.45, 7) is 4.49. The summed E-state index contributed by atoms with van der Waals surface area (Å²) < 4.78 is 0. The molecule has 3 rings (SSSR count). The van der Waals surface area contributed by atoms with Crippen LogP contribution < -0.4 is 5.32 Å². The molecule has 0 unspecified atom stereocenters. The molecule has 1 spiro atoms. The van der Waals surface area contributed by atoms with Crippen LogP contribution in [0.5, 0.6) is 0 Å². The molecule has 1 nitrogen and oxygen atoms in total. The smallest absolute Gasteiger partial charge is 0.0208 e. The van der Waals surface area contributed by atoms with E-state index >= 15 is 0 Å². The summed E-state index contributed by atoms with van der Waals surface area (Å²) in [5.74, 6) is 0. The molecule has 1 aliphatic heterocycles. The van der Waals surface area contributed by atoms with E-state index in [1.165, 1.54) is 44.2 Å². The SMILES string of the molecule is Cc1ccc2c(c1)C1(CCCCC1)CNC2. The van der Waals surface area contributed by atoms with Crippen molar-refractivity contribution < 1.29 is 0 Å². The van der Waals surface area contributed by atoms with E-state index in [2.05, 4.69) is 30.4 Å². The molecule has 1 aromatic carbocycles. The summed E-state index contributed by atoms with van der Waals surface area (Å²) in [4.78, 5) is 0. The molecule has 2 aliphatic rings. The number of fused-ring (bicyclic) bond motifs is 2. The minimum absolute atomic E-state index is 0.470. The van der Waals surface area contributed by atoms with Gasteiger partial charge in [0.05, 0.1) is 0 Å². The van der Waals surface area contributed by atoms with Crippen molar-refractivity contribution in [3.05, 3.63) is 34.9 Å². The summed E-state index contributed by atoms with van der Waals surface area (Å²) in [6.07, 6.45) is 7.03. The minimum atomic E-state index is 0.470. The van der Waals surface area contributed by atoms with Gasteiger partial charge < -0.3 is 5.32 Å². The number of nitrogens with one attached hydrogen (secondary N) is 1. The van der Waals surface area contributed by atoms with E-state index in [-0.39, 0.29) is 0 Å². The Morgan fingerprint density at radius 1 is 1.12 bits per heavy atom. The zero-order valence-corrected chi connectivity index (χ0v) is 10.2. The predicted molar refractivity (Wildman–Crippen MR) is 67.6 cm³/mol. The fraction of sp³-hybridized carbons (Fsp3) is 0.600. The van der Waals surface area contributed by atoms with E-state index in [9.17, 15) is 0 Å². The van der Waals surface area contributed by atoms with Crippen LogP contribution in [0.4, 0.5) is 0 Å². The number of hydrogen-bond acceptors (Lipinski definition) is 1. The van der Waals surface area contributed by atoms with Crippen molar-refractivity contribution in [1.82, 2.24) is 5.32 Å². The Hall–Kier alpha value is -0.820. The number of hydrogen-bond donors (Lipinski definition) is 1. The Labute approximate surface area is 98.3 Å². The Balaban J connectivity index is 2.06. The second kappa shape index (κ2) is 3.89. The van der Waals surface area contributed by atoms with Gasteiger partial charge in [0.25, 0.3) is 0 Å². The van der Waals surface area contributed by atoms with Crippen LogP contribution in [0.2, 0.25) is 0 Å². The van der Waals surface area contributed by atoms with Crippen molar-refractivity contribution in [3.8, 4) is 0 Å². The number of aryl methyl sites for hydroxylation is 1. The lowest BCUT2D eigenvalue weighted by Gasteiger charge is -2.42. The highest BCUT2D eigenvalue weighted by Gasteiger charge is 2.37. The largest absolute Gasteiger partial charge is 0.312 e. The van der Waals surface area contributed by atoms with E-state index in [4.69, 9.17) is 0 Å². The van der Waals surface area contributed by atoms with Gasteiger partial charge in [0.1, 0.15) is 0 Å². The third kappa shape index (κ3) is 1.58. The van der Waals surface area contributed by atoms with Crippen LogP contribution in [0.15, 0.2) is 18.2 Å². The van der Waals surface area contributed by atoms with Crippen LogP contribution in [-0.2, 0) is 12.0 Å². The standard InChI is InChI=1S/C15H21N/c1-12-5-6-13-10-16-11-15(14(13)9-12)7-3-2-4-8-15/h5-6,9,16H,2-4,7-8,10-11H2,1H3. The average molecular weight is 215 g/mol. The predicted octanol–water partition coefficient (Wildman–Crippen LogP) is 3.30. The lowest BCUT2D eigenvalue weighted by atomic mass is 9.66. The first-order valence-corrected chi connectivity index (χ1v) is 6.61. The van der Waals surface area contributed by atoms with E-state index in [1.807, 2.05) is 0 Å². The quantitative estimate of drug-likeness (QED) is 0.700. The van der Waals surface area contributed by atoms with Gasteiger partial charge in [0.15, 0.2) is 0 Å². The van der Waals surface area contributed by atoms with Gasteiger partial charge in [0, 0.05) is 18.5 Å². The Bertz CT molecular complexity index is 388. The minimum Gasteiger partial charge on any atom is -0.312 e.